The van der Waals surface area contributed by atoms with Gasteiger partial charge in [0.25, 0.3) is 0 Å². The zero-order valence-corrected chi connectivity index (χ0v) is 14.1. The topological polar surface area (TPSA) is 12.9 Å². The average molecular weight is 330 g/mol. The minimum absolute atomic E-state index is 0.0132. The molecule has 0 fully saturated rings. The number of nitrogens with zero attached hydrogens (tertiary/aromatic N) is 1. The van der Waals surface area contributed by atoms with Crippen molar-refractivity contribution in [2.45, 2.75) is 71.6 Å². The fourth-order valence-electron chi connectivity index (χ4n) is 2.63. The molecule has 108 valence electrons. The van der Waals surface area contributed by atoms with Gasteiger partial charge in [0.05, 0.1) is 5.69 Å². The van der Waals surface area contributed by atoms with Crippen LogP contribution in [0.25, 0.3) is 0 Å². The van der Waals surface area contributed by atoms with Crippen LogP contribution >= 0.6 is 15.9 Å². The summed E-state index contributed by atoms with van der Waals surface area (Å²) < 4.78 is 14.5. The number of aromatic nitrogens is 1. The molecular formula is C16H25BrFN. The molecule has 0 unspecified atom stereocenters. The number of rotatable bonds is 7. The van der Waals surface area contributed by atoms with Gasteiger partial charge in [-0.2, -0.15) is 0 Å². The second-order valence-corrected chi connectivity index (χ2v) is 6.48. The highest BCUT2D eigenvalue weighted by Crippen LogP contribution is 2.36. The van der Waals surface area contributed by atoms with E-state index >= 15 is 0 Å². The number of pyridine rings is 1. The summed E-state index contributed by atoms with van der Waals surface area (Å²) in [4.78, 5) is 4.59. The third-order valence-electron chi connectivity index (χ3n) is 3.91. The van der Waals surface area contributed by atoms with Gasteiger partial charge in [-0.15, -0.1) is 0 Å². The van der Waals surface area contributed by atoms with Crippen LogP contribution in [0.1, 0.15) is 70.6 Å². The zero-order chi connectivity index (χ0) is 14.5. The molecule has 1 aromatic rings. The molecule has 0 aliphatic carbocycles. The van der Waals surface area contributed by atoms with Crippen LogP contribution in [-0.2, 0) is 5.41 Å². The highest BCUT2D eigenvalue weighted by atomic mass is 79.9. The van der Waals surface area contributed by atoms with E-state index in [1.807, 2.05) is 6.92 Å². The van der Waals surface area contributed by atoms with Crippen molar-refractivity contribution in [2.24, 2.45) is 0 Å². The molecule has 0 N–H and O–H groups in total. The van der Waals surface area contributed by atoms with Crippen LogP contribution in [0.5, 0.6) is 0 Å². The Kier molecular flexibility index (Phi) is 6.45. The van der Waals surface area contributed by atoms with E-state index in [0.717, 1.165) is 44.2 Å². The van der Waals surface area contributed by atoms with E-state index in [0.29, 0.717) is 10.2 Å². The Morgan fingerprint density at radius 3 is 2.21 bits per heavy atom. The number of hydrogen-bond acceptors (Lipinski definition) is 1. The van der Waals surface area contributed by atoms with Crippen molar-refractivity contribution in [3.05, 3.63) is 27.7 Å². The van der Waals surface area contributed by atoms with Crippen molar-refractivity contribution in [1.29, 1.82) is 0 Å². The first-order valence-electron chi connectivity index (χ1n) is 7.27. The Morgan fingerprint density at radius 1 is 1.21 bits per heavy atom. The SMILES string of the molecule is CCCCC(C)(CCCC)c1nc(Br)cc(F)c1C. The van der Waals surface area contributed by atoms with Gasteiger partial charge in [-0.05, 0) is 35.7 Å². The second-order valence-electron chi connectivity index (χ2n) is 5.67. The first-order valence-corrected chi connectivity index (χ1v) is 8.07. The largest absolute Gasteiger partial charge is 0.245 e. The molecule has 0 amide bonds. The van der Waals surface area contributed by atoms with Gasteiger partial charge in [-0.3, -0.25) is 0 Å². The highest BCUT2D eigenvalue weighted by molar-refractivity contribution is 9.10. The monoisotopic (exact) mass is 329 g/mol. The summed E-state index contributed by atoms with van der Waals surface area (Å²) in [5, 5.41) is 0. The summed E-state index contributed by atoms with van der Waals surface area (Å²) >= 11 is 3.32. The van der Waals surface area contributed by atoms with Crippen LogP contribution in [0.15, 0.2) is 10.7 Å². The predicted molar refractivity (Wildman–Crippen MR) is 83.0 cm³/mol. The van der Waals surface area contributed by atoms with E-state index < -0.39 is 0 Å². The predicted octanol–water partition coefficient (Wildman–Crippen LogP) is 5.93. The molecule has 0 spiro atoms. The molecule has 0 atom stereocenters. The molecule has 0 saturated carbocycles. The minimum atomic E-state index is -0.156. The molecular weight excluding hydrogens is 305 g/mol. The standard InChI is InChI=1S/C16H25BrFN/c1-5-7-9-16(4,10-8-6-2)15-12(3)13(18)11-14(17)19-15/h11H,5-10H2,1-4H3. The van der Waals surface area contributed by atoms with E-state index in [4.69, 9.17) is 0 Å². The Balaban J connectivity index is 3.15. The summed E-state index contributed by atoms with van der Waals surface area (Å²) in [6.07, 6.45) is 6.81. The normalized spacial score (nSPS) is 11.9. The third kappa shape index (κ3) is 4.27. The summed E-state index contributed by atoms with van der Waals surface area (Å²) in [5.74, 6) is -0.156. The maximum Gasteiger partial charge on any atom is 0.130 e. The molecule has 0 radical (unpaired) electrons. The van der Waals surface area contributed by atoms with E-state index in [1.165, 1.54) is 6.07 Å². The molecule has 0 bridgehead atoms. The fraction of sp³-hybridized carbons (Fsp3) is 0.688. The van der Waals surface area contributed by atoms with Crippen molar-refractivity contribution in [3.63, 3.8) is 0 Å². The Morgan fingerprint density at radius 2 is 1.74 bits per heavy atom. The summed E-state index contributed by atoms with van der Waals surface area (Å²) in [7, 11) is 0. The van der Waals surface area contributed by atoms with Crippen molar-refractivity contribution < 1.29 is 4.39 Å². The molecule has 0 aromatic carbocycles. The van der Waals surface area contributed by atoms with Gasteiger partial charge in [0, 0.05) is 17.0 Å². The van der Waals surface area contributed by atoms with E-state index in [9.17, 15) is 4.39 Å². The first-order chi connectivity index (χ1) is 8.94. The first kappa shape index (κ1) is 16.6. The van der Waals surface area contributed by atoms with Crippen LogP contribution in [0, 0.1) is 12.7 Å². The molecule has 0 saturated heterocycles. The maximum atomic E-state index is 13.9. The zero-order valence-electron chi connectivity index (χ0n) is 12.5. The van der Waals surface area contributed by atoms with Crippen LogP contribution in [0.2, 0.25) is 0 Å². The highest BCUT2D eigenvalue weighted by Gasteiger charge is 2.30. The van der Waals surface area contributed by atoms with Crippen LogP contribution in [-0.4, -0.2) is 4.98 Å². The molecule has 1 heterocycles. The lowest BCUT2D eigenvalue weighted by molar-refractivity contribution is 0.360. The molecule has 1 aromatic heterocycles. The Bertz CT molecular complexity index is 409. The average Bonchev–Trinajstić information content (AvgIpc) is 2.38. The van der Waals surface area contributed by atoms with Crippen molar-refractivity contribution >= 4 is 15.9 Å². The van der Waals surface area contributed by atoms with Gasteiger partial charge in [0.2, 0.25) is 0 Å². The van der Waals surface area contributed by atoms with E-state index in [1.54, 1.807) is 0 Å². The van der Waals surface area contributed by atoms with E-state index in [2.05, 4.69) is 41.7 Å². The second kappa shape index (κ2) is 7.37. The molecule has 0 aliphatic rings. The van der Waals surface area contributed by atoms with Gasteiger partial charge in [0.15, 0.2) is 0 Å². The number of halogens is 2. The summed E-state index contributed by atoms with van der Waals surface area (Å²) in [6, 6.07) is 1.46. The van der Waals surface area contributed by atoms with E-state index in [-0.39, 0.29) is 11.2 Å². The van der Waals surface area contributed by atoms with Gasteiger partial charge >= 0.3 is 0 Å². The van der Waals surface area contributed by atoms with Gasteiger partial charge in [-0.25, -0.2) is 9.37 Å². The maximum absolute atomic E-state index is 13.9. The van der Waals surface area contributed by atoms with Crippen molar-refractivity contribution in [1.82, 2.24) is 4.98 Å². The van der Waals surface area contributed by atoms with Crippen LogP contribution in [0.3, 0.4) is 0 Å². The molecule has 1 nitrogen and oxygen atoms in total. The summed E-state index contributed by atoms with van der Waals surface area (Å²) in [5.41, 5.74) is 1.62. The summed E-state index contributed by atoms with van der Waals surface area (Å²) in [6.45, 7) is 8.48. The van der Waals surface area contributed by atoms with Crippen LogP contribution < -0.4 is 0 Å². The lowest BCUT2D eigenvalue weighted by Crippen LogP contribution is -2.25. The van der Waals surface area contributed by atoms with Crippen molar-refractivity contribution in [3.8, 4) is 0 Å². The minimum Gasteiger partial charge on any atom is -0.245 e. The van der Waals surface area contributed by atoms with Gasteiger partial charge in [-0.1, -0.05) is 46.5 Å². The third-order valence-corrected chi connectivity index (χ3v) is 4.32. The van der Waals surface area contributed by atoms with Gasteiger partial charge in [0.1, 0.15) is 10.4 Å². The smallest absolute Gasteiger partial charge is 0.130 e. The number of unbranched alkanes of at least 4 members (excludes halogenated alkanes) is 2. The van der Waals surface area contributed by atoms with Crippen LogP contribution in [0.4, 0.5) is 4.39 Å². The van der Waals surface area contributed by atoms with Gasteiger partial charge < -0.3 is 0 Å². The Hall–Kier alpha value is -0.440. The molecule has 19 heavy (non-hydrogen) atoms. The molecule has 1 rings (SSSR count). The lowest BCUT2D eigenvalue weighted by Gasteiger charge is -2.31. The quantitative estimate of drug-likeness (QED) is 0.565. The molecule has 0 aliphatic heterocycles. The lowest BCUT2D eigenvalue weighted by atomic mass is 9.75. The molecule has 3 heteroatoms. The van der Waals surface area contributed by atoms with Crippen molar-refractivity contribution in [2.75, 3.05) is 0 Å². The fourth-order valence-corrected chi connectivity index (χ4v) is 3.01. The number of hydrogen-bond donors (Lipinski definition) is 0. The Labute approximate surface area is 125 Å².